The second-order valence-corrected chi connectivity index (χ2v) is 17.3. The van der Waals surface area contributed by atoms with Crippen LogP contribution >= 0.6 is 0 Å². The van der Waals surface area contributed by atoms with Crippen molar-refractivity contribution in [3.8, 4) is 17.0 Å². The summed E-state index contributed by atoms with van der Waals surface area (Å²) in [4.78, 5) is 64.6. The number of nitrogens with one attached hydrogen (secondary N) is 2. The molecule has 0 radical (unpaired) electrons. The lowest BCUT2D eigenvalue weighted by Gasteiger charge is -2.54. The molecule has 9 rings (SSSR count). The van der Waals surface area contributed by atoms with E-state index in [1.165, 1.54) is 12.1 Å². The van der Waals surface area contributed by atoms with Gasteiger partial charge in [-0.15, -0.1) is 10.2 Å². The smallest absolute Gasteiger partial charge is 0.320 e. The number of nitrogens with zero attached hydrogens (tertiary/aromatic N) is 8. The lowest BCUT2D eigenvalue weighted by molar-refractivity contribution is -0.136. The highest BCUT2D eigenvalue weighted by molar-refractivity contribution is 6.05. The number of hydrogen-bond acceptors (Lipinski definition) is 11. The highest BCUT2D eigenvalue weighted by Crippen LogP contribution is 2.41. The summed E-state index contributed by atoms with van der Waals surface area (Å²) in [5, 5.41) is 24.8. The molecule has 4 fully saturated rings. The van der Waals surface area contributed by atoms with Crippen molar-refractivity contribution >= 4 is 40.9 Å². The Balaban J connectivity index is 0.783. The Bertz CT molecular complexity index is 2150. The predicted octanol–water partition coefficient (Wildman–Crippen LogP) is 3.49. The summed E-state index contributed by atoms with van der Waals surface area (Å²) >= 11 is 0. The first-order chi connectivity index (χ1) is 27.9. The minimum absolute atomic E-state index is 0.0489. The molecule has 1 aromatic heterocycles. The Kier molecular flexibility index (Phi) is 9.64. The number of carbonyl (C=O) groups excluding carboxylic acids is 4. The molecule has 6 aliphatic rings. The van der Waals surface area contributed by atoms with Crippen LogP contribution in [-0.4, -0.2) is 141 Å². The largest absolute Gasteiger partial charge is 0.504 e. The molecule has 0 spiro atoms. The molecule has 0 saturated carbocycles. The van der Waals surface area contributed by atoms with E-state index in [2.05, 4.69) is 67.3 Å². The molecule has 0 unspecified atom stereocenters. The van der Waals surface area contributed by atoms with E-state index >= 15 is 0 Å². The minimum Gasteiger partial charge on any atom is -0.504 e. The molecule has 15 nitrogen and oxygen atoms in total. The molecule has 3 N–H and O–H groups in total. The first kappa shape index (κ1) is 38.0. The number of aromatic hydroxyl groups is 1. The fourth-order valence-corrected chi connectivity index (χ4v) is 10.2. The lowest BCUT2D eigenvalue weighted by Crippen LogP contribution is -2.69. The number of piperazine rings is 2. The minimum atomic E-state index is -0.714. The Morgan fingerprint density at radius 1 is 0.966 bits per heavy atom. The molecule has 3 aromatic rings. The van der Waals surface area contributed by atoms with Gasteiger partial charge in [-0.05, 0) is 81.8 Å². The normalized spacial score (nSPS) is 26.6. The van der Waals surface area contributed by atoms with Gasteiger partial charge in [0.2, 0.25) is 11.8 Å². The van der Waals surface area contributed by atoms with E-state index in [1.54, 1.807) is 11.0 Å². The Morgan fingerprint density at radius 3 is 2.50 bits per heavy atom. The van der Waals surface area contributed by atoms with E-state index in [4.69, 9.17) is 0 Å². The van der Waals surface area contributed by atoms with Crippen LogP contribution < -0.4 is 20.4 Å². The Morgan fingerprint density at radius 2 is 1.74 bits per heavy atom. The van der Waals surface area contributed by atoms with E-state index in [1.807, 2.05) is 23.1 Å². The molecule has 2 aromatic carbocycles. The maximum Gasteiger partial charge on any atom is 0.320 e. The molecule has 306 valence electrons. The van der Waals surface area contributed by atoms with E-state index in [0.717, 1.165) is 62.5 Å². The summed E-state index contributed by atoms with van der Waals surface area (Å²) in [6.07, 6.45) is 2.66. The van der Waals surface area contributed by atoms with Crippen molar-refractivity contribution in [3.05, 3.63) is 59.4 Å². The van der Waals surface area contributed by atoms with Crippen LogP contribution in [0.3, 0.4) is 0 Å². The number of imide groups is 1. The van der Waals surface area contributed by atoms with Gasteiger partial charge in [-0.2, -0.15) is 0 Å². The third-order valence-corrected chi connectivity index (χ3v) is 13.2. The zero-order valence-electron chi connectivity index (χ0n) is 33.3. The summed E-state index contributed by atoms with van der Waals surface area (Å²) in [6, 6.07) is 11.8. The number of anilines is 3. The van der Waals surface area contributed by atoms with Crippen molar-refractivity contribution < 1.29 is 28.7 Å². The fourth-order valence-electron chi connectivity index (χ4n) is 10.2. The third kappa shape index (κ3) is 6.74. The van der Waals surface area contributed by atoms with Gasteiger partial charge < -0.3 is 34.9 Å². The molecule has 4 saturated heterocycles. The number of piperidine rings is 2. The molecule has 4 atom stereocenters. The average molecular weight is 795 g/mol. The summed E-state index contributed by atoms with van der Waals surface area (Å²) in [6.45, 7) is 13.5. The van der Waals surface area contributed by atoms with Gasteiger partial charge in [-0.25, -0.2) is 9.18 Å². The quantitative estimate of drug-likeness (QED) is 0.325. The van der Waals surface area contributed by atoms with Gasteiger partial charge in [0, 0.05) is 101 Å². The highest BCUT2D eigenvalue weighted by Gasteiger charge is 2.46. The number of rotatable bonds is 5. The van der Waals surface area contributed by atoms with E-state index < -0.39 is 29.1 Å². The van der Waals surface area contributed by atoms with Crippen LogP contribution in [0, 0.1) is 11.7 Å². The molecule has 0 bridgehead atoms. The van der Waals surface area contributed by atoms with Gasteiger partial charge >= 0.3 is 6.03 Å². The van der Waals surface area contributed by atoms with Crippen LogP contribution in [0.25, 0.3) is 11.3 Å². The number of urea groups is 1. The van der Waals surface area contributed by atoms with Crippen LogP contribution in [0.1, 0.15) is 62.4 Å². The third-order valence-electron chi connectivity index (χ3n) is 13.2. The molecule has 5 amide bonds. The lowest BCUT2D eigenvalue weighted by atomic mass is 9.92. The Labute approximate surface area is 337 Å². The maximum atomic E-state index is 14.3. The highest BCUT2D eigenvalue weighted by atomic mass is 19.1. The number of hydrogen-bond donors (Lipinski definition) is 3. The van der Waals surface area contributed by atoms with Crippen LogP contribution in [0.5, 0.6) is 5.75 Å². The molecular formula is C42H51FN10O5. The molecular weight excluding hydrogens is 744 g/mol. The van der Waals surface area contributed by atoms with Crippen LogP contribution in [0.2, 0.25) is 0 Å². The standard InChI is InChI=1S/C42H51FN10O5/c1-25-19-48(21-27-11-13-49(14-12-27)29-8-7-28-22-51(40(57)31(28)17-29)34-9-10-36(54)45-39(34)56)20-26(2)53(25)41(58)50-15-16-52-35-18-33(30-5-4-6-32(43)37(30)55)46-47-38(35)44-23-42(52,3)24-50/h4-8,17-18,25-27,34,55H,9-16,19-24H2,1-3H3,(H,44,47)(H,45,54,56)/t25-,26+,34-,42+/m0/s1. The van der Waals surface area contributed by atoms with Gasteiger partial charge in [0.1, 0.15) is 6.04 Å². The molecule has 16 heteroatoms. The van der Waals surface area contributed by atoms with Gasteiger partial charge in [0.15, 0.2) is 17.4 Å². The van der Waals surface area contributed by atoms with Crippen LogP contribution in [0.15, 0.2) is 42.5 Å². The maximum absolute atomic E-state index is 14.3. The number of halogens is 1. The first-order valence-electron chi connectivity index (χ1n) is 20.6. The molecule has 0 aliphatic carbocycles. The fraction of sp³-hybridized carbons (Fsp3) is 0.524. The van der Waals surface area contributed by atoms with Crippen molar-refractivity contribution in [3.63, 3.8) is 0 Å². The van der Waals surface area contributed by atoms with Gasteiger partial charge in [0.25, 0.3) is 5.91 Å². The van der Waals surface area contributed by atoms with E-state index in [9.17, 15) is 28.7 Å². The average Bonchev–Trinajstić information content (AvgIpc) is 3.53. The summed E-state index contributed by atoms with van der Waals surface area (Å²) in [7, 11) is 0. The van der Waals surface area contributed by atoms with Crippen molar-refractivity contribution in [2.24, 2.45) is 5.92 Å². The van der Waals surface area contributed by atoms with Crippen molar-refractivity contribution in [1.82, 2.24) is 35.1 Å². The molecule has 7 heterocycles. The SMILES string of the molecule is C[C@@H]1CN(CC2CCN(c3ccc4c(c3)C(=O)N([C@H]3CCC(=O)NC3=O)C4)CC2)C[C@H](C)N1C(=O)N1CCN2c3cc(-c4cccc(F)c4O)nnc3NC[C@]2(C)C1. The van der Waals surface area contributed by atoms with Crippen LogP contribution in [-0.2, 0) is 16.1 Å². The Hall–Kier alpha value is -5.51. The number of carbonyl (C=O) groups is 4. The summed E-state index contributed by atoms with van der Waals surface area (Å²) < 4.78 is 14.2. The van der Waals surface area contributed by atoms with Gasteiger partial charge in [-0.1, -0.05) is 12.1 Å². The number of fused-ring (bicyclic) bond motifs is 4. The topological polar surface area (TPSA) is 158 Å². The summed E-state index contributed by atoms with van der Waals surface area (Å²) in [5.74, 6) is -0.847. The number of para-hydroxylation sites is 1. The molecule has 6 aliphatic heterocycles. The van der Waals surface area contributed by atoms with Gasteiger partial charge in [-0.3, -0.25) is 24.6 Å². The van der Waals surface area contributed by atoms with Crippen LogP contribution in [0.4, 0.5) is 26.4 Å². The first-order valence-corrected chi connectivity index (χ1v) is 20.6. The zero-order valence-corrected chi connectivity index (χ0v) is 33.3. The zero-order chi connectivity index (χ0) is 40.5. The second-order valence-electron chi connectivity index (χ2n) is 17.3. The second kappa shape index (κ2) is 14.7. The number of phenolic OH excluding ortho intramolecular Hbond substituents is 1. The van der Waals surface area contributed by atoms with Gasteiger partial charge in [0.05, 0.1) is 16.9 Å². The summed E-state index contributed by atoms with van der Waals surface area (Å²) in [5.41, 5.74) is 3.64. The monoisotopic (exact) mass is 794 g/mol. The van der Waals surface area contributed by atoms with Crippen molar-refractivity contribution in [2.75, 3.05) is 74.0 Å². The predicted molar refractivity (Wildman–Crippen MR) is 215 cm³/mol. The number of amides is 5. The van der Waals surface area contributed by atoms with Crippen molar-refractivity contribution in [2.45, 2.75) is 76.7 Å². The number of benzene rings is 2. The number of aromatic nitrogens is 2. The van der Waals surface area contributed by atoms with E-state index in [0.29, 0.717) is 62.1 Å². The molecule has 58 heavy (non-hydrogen) atoms. The number of phenols is 1. The van der Waals surface area contributed by atoms with Crippen molar-refractivity contribution in [1.29, 1.82) is 0 Å². The van der Waals surface area contributed by atoms with E-state index in [-0.39, 0.29) is 41.9 Å².